The molecular weight excluding hydrogens is 271 g/mol. The summed E-state index contributed by atoms with van der Waals surface area (Å²) < 4.78 is 14.6. The van der Waals surface area contributed by atoms with Crippen LogP contribution in [0.15, 0.2) is 16.6 Å². The molecule has 1 nitrogen and oxygen atoms in total. The Bertz CT molecular complexity index is 397. The Morgan fingerprint density at radius 1 is 1.25 bits per heavy atom. The van der Waals surface area contributed by atoms with Crippen molar-refractivity contribution in [3.63, 3.8) is 0 Å². The molecule has 0 aromatic heterocycles. The molecule has 1 fully saturated rings. The SMILES string of the molecule is O=Cc1c(Br)ccc(C2CCCCC2)c1F. The van der Waals surface area contributed by atoms with E-state index in [4.69, 9.17) is 0 Å². The van der Waals surface area contributed by atoms with Crippen molar-refractivity contribution < 1.29 is 9.18 Å². The number of benzene rings is 1. The number of hydrogen-bond donors (Lipinski definition) is 0. The quantitative estimate of drug-likeness (QED) is 0.734. The van der Waals surface area contributed by atoms with E-state index in [0.717, 1.165) is 25.7 Å². The zero-order chi connectivity index (χ0) is 11.5. The molecule has 0 N–H and O–H groups in total. The summed E-state index contributed by atoms with van der Waals surface area (Å²) in [5.41, 5.74) is 0.869. The molecule has 0 bridgehead atoms. The highest BCUT2D eigenvalue weighted by Crippen LogP contribution is 2.35. The lowest BCUT2D eigenvalue weighted by Crippen LogP contribution is -2.08. The second-order valence-corrected chi connectivity index (χ2v) is 5.17. The van der Waals surface area contributed by atoms with Gasteiger partial charge in [-0.25, -0.2) is 4.39 Å². The van der Waals surface area contributed by atoms with Gasteiger partial charge in [0.1, 0.15) is 5.82 Å². The van der Waals surface area contributed by atoms with E-state index in [2.05, 4.69) is 15.9 Å². The Morgan fingerprint density at radius 3 is 2.56 bits per heavy atom. The molecule has 2 rings (SSSR count). The van der Waals surface area contributed by atoms with Crippen LogP contribution in [0.4, 0.5) is 4.39 Å². The molecule has 0 radical (unpaired) electrons. The fourth-order valence-electron chi connectivity index (χ4n) is 2.42. The number of halogens is 2. The first-order chi connectivity index (χ1) is 7.74. The second-order valence-electron chi connectivity index (χ2n) is 4.32. The lowest BCUT2D eigenvalue weighted by molar-refractivity contribution is 0.111. The largest absolute Gasteiger partial charge is 0.298 e. The smallest absolute Gasteiger partial charge is 0.154 e. The molecule has 1 aromatic rings. The standard InChI is InChI=1S/C13H14BrFO/c14-12-7-6-10(13(15)11(12)8-16)9-4-2-1-3-5-9/h6-9H,1-5H2. The van der Waals surface area contributed by atoms with E-state index >= 15 is 0 Å². The Labute approximate surface area is 103 Å². The van der Waals surface area contributed by atoms with Gasteiger partial charge in [0, 0.05) is 4.47 Å². The Hall–Kier alpha value is -0.700. The van der Waals surface area contributed by atoms with Crippen LogP contribution in [0.3, 0.4) is 0 Å². The van der Waals surface area contributed by atoms with Crippen molar-refractivity contribution in [2.24, 2.45) is 0 Å². The predicted molar refractivity (Wildman–Crippen MR) is 65.3 cm³/mol. The molecular formula is C13H14BrFO. The number of hydrogen-bond acceptors (Lipinski definition) is 1. The summed E-state index contributed by atoms with van der Waals surface area (Å²) >= 11 is 3.19. The average Bonchev–Trinajstić information content (AvgIpc) is 2.31. The first-order valence-corrected chi connectivity index (χ1v) is 6.46. The van der Waals surface area contributed by atoms with E-state index in [-0.39, 0.29) is 11.4 Å². The van der Waals surface area contributed by atoms with E-state index in [9.17, 15) is 9.18 Å². The third kappa shape index (κ3) is 2.19. The average molecular weight is 285 g/mol. The van der Waals surface area contributed by atoms with Gasteiger partial charge in [-0.2, -0.15) is 0 Å². The van der Waals surface area contributed by atoms with E-state index < -0.39 is 0 Å². The number of carbonyl (C=O) groups is 1. The molecule has 3 heteroatoms. The van der Waals surface area contributed by atoms with E-state index in [1.807, 2.05) is 6.07 Å². The first kappa shape index (κ1) is 11.8. The lowest BCUT2D eigenvalue weighted by Gasteiger charge is -2.23. The van der Waals surface area contributed by atoms with Crippen LogP contribution in [-0.4, -0.2) is 6.29 Å². The fraction of sp³-hybridized carbons (Fsp3) is 0.462. The van der Waals surface area contributed by atoms with Crippen LogP contribution in [0.1, 0.15) is 53.9 Å². The van der Waals surface area contributed by atoms with E-state index in [0.29, 0.717) is 22.2 Å². The molecule has 0 saturated heterocycles. The number of carbonyl (C=O) groups excluding carboxylic acids is 1. The molecule has 1 aliphatic rings. The van der Waals surface area contributed by atoms with E-state index in [1.54, 1.807) is 6.07 Å². The molecule has 86 valence electrons. The van der Waals surface area contributed by atoms with Crippen molar-refractivity contribution in [2.45, 2.75) is 38.0 Å². The van der Waals surface area contributed by atoms with Crippen molar-refractivity contribution in [3.05, 3.63) is 33.5 Å². The van der Waals surface area contributed by atoms with Crippen LogP contribution in [-0.2, 0) is 0 Å². The van der Waals surface area contributed by atoms with Gasteiger partial charge >= 0.3 is 0 Å². The molecule has 1 aromatic carbocycles. The van der Waals surface area contributed by atoms with Crippen molar-refractivity contribution in [1.82, 2.24) is 0 Å². The van der Waals surface area contributed by atoms with Crippen molar-refractivity contribution >= 4 is 22.2 Å². The predicted octanol–water partition coefficient (Wildman–Crippen LogP) is 4.45. The van der Waals surface area contributed by atoms with Crippen LogP contribution >= 0.6 is 15.9 Å². The number of aldehydes is 1. The fourth-order valence-corrected chi connectivity index (χ4v) is 2.82. The third-order valence-electron chi connectivity index (χ3n) is 3.32. The molecule has 0 amide bonds. The molecule has 0 atom stereocenters. The maximum absolute atomic E-state index is 14.1. The van der Waals surface area contributed by atoms with Gasteiger partial charge in [-0.1, -0.05) is 25.3 Å². The number of rotatable bonds is 2. The van der Waals surface area contributed by atoms with Gasteiger partial charge in [0.25, 0.3) is 0 Å². The highest BCUT2D eigenvalue weighted by molar-refractivity contribution is 9.10. The summed E-state index contributed by atoms with van der Waals surface area (Å²) in [6.45, 7) is 0. The summed E-state index contributed by atoms with van der Waals surface area (Å²) in [6, 6.07) is 3.58. The maximum atomic E-state index is 14.1. The Morgan fingerprint density at radius 2 is 1.94 bits per heavy atom. The van der Waals surface area contributed by atoms with Crippen LogP contribution in [0, 0.1) is 5.82 Å². The zero-order valence-corrected chi connectivity index (χ0v) is 10.6. The molecule has 0 heterocycles. The molecule has 1 saturated carbocycles. The van der Waals surface area contributed by atoms with Gasteiger partial charge in [0.2, 0.25) is 0 Å². The lowest BCUT2D eigenvalue weighted by atomic mass is 9.83. The van der Waals surface area contributed by atoms with Crippen LogP contribution in [0.2, 0.25) is 0 Å². The summed E-state index contributed by atoms with van der Waals surface area (Å²) in [5.74, 6) is -0.0446. The third-order valence-corrected chi connectivity index (χ3v) is 4.01. The van der Waals surface area contributed by atoms with E-state index in [1.165, 1.54) is 6.42 Å². The molecule has 0 spiro atoms. The molecule has 0 unspecified atom stereocenters. The normalized spacial score (nSPS) is 17.4. The van der Waals surface area contributed by atoms with Gasteiger partial charge < -0.3 is 0 Å². The summed E-state index contributed by atoms with van der Waals surface area (Å²) in [6.07, 6.45) is 6.24. The van der Waals surface area contributed by atoms with Crippen molar-refractivity contribution in [1.29, 1.82) is 0 Å². The molecule has 1 aliphatic carbocycles. The minimum absolute atomic E-state index is 0.156. The highest BCUT2D eigenvalue weighted by Gasteiger charge is 2.21. The van der Waals surface area contributed by atoms with Gasteiger partial charge in [-0.3, -0.25) is 4.79 Å². The van der Waals surface area contributed by atoms with Gasteiger partial charge in [0.15, 0.2) is 6.29 Å². The monoisotopic (exact) mass is 284 g/mol. The first-order valence-electron chi connectivity index (χ1n) is 5.67. The highest BCUT2D eigenvalue weighted by atomic mass is 79.9. The van der Waals surface area contributed by atoms with Crippen LogP contribution < -0.4 is 0 Å². The van der Waals surface area contributed by atoms with Crippen molar-refractivity contribution in [2.75, 3.05) is 0 Å². The van der Waals surface area contributed by atoms with Gasteiger partial charge in [-0.15, -0.1) is 0 Å². The summed E-state index contributed by atoms with van der Waals surface area (Å²) in [4.78, 5) is 10.8. The summed E-state index contributed by atoms with van der Waals surface area (Å²) in [5, 5.41) is 0. The van der Waals surface area contributed by atoms with Gasteiger partial charge in [0.05, 0.1) is 5.56 Å². The van der Waals surface area contributed by atoms with Gasteiger partial charge in [-0.05, 0) is 46.3 Å². The second kappa shape index (κ2) is 5.09. The Balaban J connectivity index is 2.37. The topological polar surface area (TPSA) is 17.1 Å². The van der Waals surface area contributed by atoms with Crippen molar-refractivity contribution in [3.8, 4) is 0 Å². The van der Waals surface area contributed by atoms with Crippen LogP contribution in [0.5, 0.6) is 0 Å². The van der Waals surface area contributed by atoms with Crippen LogP contribution in [0.25, 0.3) is 0 Å². The Kier molecular flexibility index (Phi) is 3.74. The summed E-state index contributed by atoms with van der Waals surface area (Å²) in [7, 11) is 0. The molecule has 16 heavy (non-hydrogen) atoms. The maximum Gasteiger partial charge on any atom is 0.154 e. The molecule has 0 aliphatic heterocycles. The minimum Gasteiger partial charge on any atom is -0.298 e. The minimum atomic E-state index is -0.337. The zero-order valence-electron chi connectivity index (χ0n) is 9.01.